The Morgan fingerprint density at radius 3 is 2.13 bits per heavy atom. The molecular weight excluding hydrogens is 196 g/mol. The highest BCUT2D eigenvalue weighted by Crippen LogP contribution is 2.28. The Kier molecular flexibility index (Phi) is 4.10. The molecule has 0 aromatic carbocycles. The van der Waals surface area contributed by atoms with Crippen LogP contribution in [0.1, 0.15) is 46.5 Å². The average molecular weight is 219 g/mol. The first kappa shape index (κ1) is 12.9. The lowest BCUT2D eigenvalue weighted by Crippen LogP contribution is -2.39. The number of hydrogen-bond donors (Lipinski definition) is 0. The summed E-state index contributed by atoms with van der Waals surface area (Å²) >= 11 is 0. The summed E-state index contributed by atoms with van der Waals surface area (Å²) in [7, 11) is 0. The monoisotopic (exact) mass is 219 g/mol. The van der Waals surface area contributed by atoms with E-state index in [1.165, 1.54) is 6.42 Å². The van der Waals surface area contributed by atoms with Gasteiger partial charge < -0.3 is 4.90 Å². The van der Waals surface area contributed by atoms with E-state index in [1.807, 2.05) is 0 Å². The Labute approximate surface area is 91.8 Å². The molecule has 90 valence electrons. The molecule has 3 heteroatoms. The fourth-order valence-electron chi connectivity index (χ4n) is 1.94. The van der Waals surface area contributed by atoms with Gasteiger partial charge in [-0.1, -0.05) is 20.8 Å². The molecule has 1 heterocycles. The highest BCUT2D eigenvalue weighted by atomic mass is 19.3. The number of likely N-dealkylation sites (tertiary alicyclic amines) is 1. The van der Waals surface area contributed by atoms with E-state index in [1.54, 1.807) is 0 Å². The third kappa shape index (κ3) is 5.45. The van der Waals surface area contributed by atoms with Gasteiger partial charge in [0, 0.05) is 25.9 Å². The van der Waals surface area contributed by atoms with Gasteiger partial charge in [0.25, 0.3) is 5.92 Å². The lowest BCUT2D eigenvalue weighted by Gasteiger charge is -2.32. The van der Waals surface area contributed by atoms with E-state index in [-0.39, 0.29) is 12.8 Å². The molecule has 0 aromatic rings. The molecule has 1 fully saturated rings. The molecule has 0 amide bonds. The Bertz CT molecular complexity index is 186. The molecule has 0 aliphatic carbocycles. The summed E-state index contributed by atoms with van der Waals surface area (Å²) in [6.45, 7) is 8.77. The number of alkyl halides is 2. The van der Waals surface area contributed by atoms with Gasteiger partial charge in [-0.3, -0.25) is 0 Å². The number of piperidine rings is 1. The zero-order valence-electron chi connectivity index (χ0n) is 10.2. The Morgan fingerprint density at radius 1 is 1.13 bits per heavy atom. The highest BCUT2D eigenvalue weighted by molar-refractivity contribution is 4.77. The van der Waals surface area contributed by atoms with E-state index < -0.39 is 5.92 Å². The Hall–Kier alpha value is -0.180. The minimum Gasteiger partial charge on any atom is -0.303 e. The van der Waals surface area contributed by atoms with E-state index in [4.69, 9.17) is 0 Å². The zero-order valence-corrected chi connectivity index (χ0v) is 10.2. The van der Waals surface area contributed by atoms with Crippen molar-refractivity contribution >= 4 is 0 Å². The molecule has 0 radical (unpaired) electrons. The van der Waals surface area contributed by atoms with Crippen molar-refractivity contribution in [3.05, 3.63) is 0 Å². The summed E-state index contributed by atoms with van der Waals surface area (Å²) in [5.41, 5.74) is 0.361. The van der Waals surface area contributed by atoms with Gasteiger partial charge in [-0.25, -0.2) is 8.78 Å². The minimum atomic E-state index is -2.40. The number of hydrogen-bond acceptors (Lipinski definition) is 1. The van der Waals surface area contributed by atoms with E-state index in [0.29, 0.717) is 18.5 Å². The SMILES string of the molecule is CC(C)(C)CCCN1CCC(F)(F)CC1. The van der Waals surface area contributed by atoms with Crippen LogP contribution in [0.2, 0.25) is 0 Å². The maximum Gasteiger partial charge on any atom is 0.250 e. The standard InChI is InChI=1S/C12H23F2N/c1-11(2,3)5-4-8-15-9-6-12(13,14)7-10-15/h4-10H2,1-3H3. The number of nitrogens with zero attached hydrogens (tertiary/aromatic N) is 1. The lowest BCUT2D eigenvalue weighted by atomic mass is 9.90. The molecule has 0 aromatic heterocycles. The molecule has 1 saturated heterocycles. The van der Waals surface area contributed by atoms with Gasteiger partial charge in [0.2, 0.25) is 0 Å². The van der Waals surface area contributed by atoms with Crippen LogP contribution in [0.4, 0.5) is 8.78 Å². The van der Waals surface area contributed by atoms with Crippen LogP contribution in [0, 0.1) is 5.41 Å². The van der Waals surface area contributed by atoms with Crippen molar-refractivity contribution in [1.82, 2.24) is 4.90 Å². The number of halogens is 2. The molecule has 0 saturated carbocycles. The van der Waals surface area contributed by atoms with Crippen molar-refractivity contribution in [2.45, 2.75) is 52.4 Å². The molecular formula is C12H23F2N. The maximum absolute atomic E-state index is 12.9. The number of rotatable bonds is 3. The largest absolute Gasteiger partial charge is 0.303 e. The van der Waals surface area contributed by atoms with E-state index in [0.717, 1.165) is 13.0 Å². The van der Waals surface area contributed by atoms with Crippen molar-refractivity contribution in [3.63, 3.8) is 0 Å². The van der Waals surface area contributed by atoms with Crippen molar-refractivity contribution in [2.24, 2.45) is 5.41 Å². The second kappa shape index (κ2) is 4.77. The van der Waals surface area contributed by atoms with E-state index in [9.17, 15) is 8.78 Å². The van der Waals surface area contributed by atoms with Crippen LogP contribution in [-0.2, 0) is 0 Å². The first-order valence-corrected chi connectivity index (χ1v) is 5.89. The van der Waals surface area contributed by atoms with Gasteiger partial charge in [-0.15, -0.1) is 0 Å². The molecule has 15 heavy (non-hydrogen) atoms. The Morgan fingerprint density at radius 2 is 1.67 bits per heavy atom. The summed E-state index contributed by atoms with van der Waals surface area (Å²) in [5.74, 6) is -2.40. The van der Waals surface area contributed by atoms with Crippen LogP contribution in [0.25, 0.3) is 0 Å². The fraction of sp³-hybridized carbons (Fsp3) is 1.00. The second-order valence-electron chi connectivity index (χ2n) is 5.86. The molecule has 0 atom stereocenters. The molecule has 1 aliphatic rings. The molecule has 1 nitrogen and oxygen atoms in total. The average Bonchev–Trinajstić information content (AvgIpc) is 2.06. The van der Waals surface area contributed by atoms with Crippen molar-refractivity contribution in [1.29, 1.82) is 0 Å². The Balaban J connectivity index is 2.14. The van der Waals surface area contributed by atoms with Crippen LogP contribution < -0.4 is 0 Å². The molecule has 0 spiro atoms. The molecule has 0 unspecified atom stereocenters. The second-order valence-corrected chi connectivity index (χ2v) is 5.86. The van der Waals surface area contributed by atoms with Gasteiger partial charge in [-0.2, -0.15) is 0 Å². The quantitative estimate of drug-likeness (QED) is 0.701. The van der Waals surface area contributed by atoms with E-state index in [2.05, 4.69) is 25.7 Å². The smallest absolute Gasteiger partial charge is 0.250 e. The topological polar surface area (TPSA) is 3.24 Å². The van der Waals surface area contributed by atoms with E-state index >= 15 is 0 Å². The first-order chi connectivity index (χ1) is 6.79. The van der Waals surface area contributed by atoms with Gasteiger partial charge in [0.1, 0.15) is 0 Å². The zero-order chi connectivity index (χ0) is 11.5. The molecule has 0 N–H and O–H groups in total. The lowest BCUT2D eigenvalue weighted by molar-refractivity contribution is -0.0554. The summed E-state index contributed by atoms with van der Waals surface area (Å²) in [6, 6.07) is 0. The molecule has 0 bridgehead atoms. The van der Waals surface area contributed by atoms with Crippen LogP contribution in [0.5, 0.6) is 0 Å². The van der Waals surface area contributed by atoms with Crippen molar-refractivity contribution in [3.8, 4) is 0 Å². The normalized spacial score (nSPS) is 23.0. The van der Waals surface area contributed by atoms with Gasteiger partial charge >= 0.3 is 0 Å². The van der Waals surface area contributed by atoms with Crippen LogP contribution >= 0.6 is 0 Å². The van der Waals surface area contributed by atoms with Gasteiger partial charge in [0.05, 0.1) is 0 Å². The predicted octanol–water partition coefficient (Wildman–Crippen LogP) is 3.54. The molecule has 1 aliphatic heterocycles. The maximum atomic E-state index is 12.9. The van der Waals surface area contributed by atoms with Crippen LogP contribution in [0.15, 0.2) is 0 Å². The summed E-state index contributed by atoms with van der Waals surface area (Å²) in [5, 5.41) is 0. The minimum absolute atomic E-state index is 0.0442. The van der Waals surface area contributed by atoms with Crippen LogP contribution in [0.3, 0.4) is 0 Å². The predicted molar refractivity (Wildman–Crippen MR) is 59.3 cm³/mol. The fourth-order valence-corrected chi connectivity index (χ4v) is 1.94. The molecule has 1 rings (SSSR count). The third-order valence-corrected chi connectivity index (χ3v) is 2.99. The summed E-state index contributed by atoms with van der Waals surface area (Å²) < 4.78 is 25.7. The van der Waals surface area contributed by atoms with Crippen LogP contribution in [-0.4, -0.2) is 30.5 Å². The summed E-state index contributed by atoms with van der Waals surface area (Å²) in [4.78, 5) is 2.17. The highest BCUT2D eigenvalue weighted by Gasteiger charge is 2.33. The first-order valence-electron chi connectivity index (χ1n) is 5.89. The van der Waals surface area contributed by atoms with Gasteiger partial charge in [-0.05, 0) is 24.8 Å². The third-order valence-electron chi connectivity index (χ3n) is 2.99. The summed E-state index contributed by atoms with van der Waals surface area (Å²) in [6.07, 6.45) is 2.38. The van der Waals surface area contributed by atoms with Crippen molar-refractivity contribution in [2.75, 3.05) is 19.6 Å². The van der Waals surface area contributed by atoms with Gasteiger partial charge in [0.15, 0.2) is 0 Å². The van der Waals surface area contributed by atoms with Crippen molar-refractivity contribution < 1.29 is 8.78 Å².